The van der Waals surface area contributed by atoms with Crippen LogP contribution in [0.5, 0.6) is 0 Å². The number of aliphatic hydroxyl groups is 1. The molecule has 1 aliphatic heterocycles. The number of anilines is 1. The number of β-amino-alcohol motifs (C(OH)–C–C–N with tert-alkyl or cyclic N) is 1. The first kappa shape index (κ1) is 30.6. The van der Waals surface area contributed by atoms with E-state index >= 15 is 4.39 Å². The number of nitrogens with zero attached hydrogens (tertiary/aromatic N) is 8. The highest BCUT2D eigenvalue weighted by molar-refractivity contribution is 7.90. The van der Waals surface area contributed by atoms with Crippen molar-refractivity contribution in [2.24, 2.45) is 4.99 Å². The second-order valence-electron chi connectivity index (χ2n) is 11.7. The summed E-state index contributed by atoms with van der Waals surface area (Å²) < 4.78 is 44.7. The molecule has 1 saturated heterocycles. The molecule has 2 aromatic carbocycles. The lowest BCUT2D eigenvalue weighted by Gasteiger charge is -2.36. The summed E-state index contributed by atoms with van der Waals surface area (Å²) in [5, 5.41) is 21.5. The number of aliphatic imine (C=N–C) groups is 1. The van der Waals surface area contributed by atoms with Crippen LogP contribution in [-0.2, 0) is 22.1 Å². The fourth-order valence-electron chi connectivity index (χ4n) is 5.54. The van der Waals surface area contributed by atoms with Crippen LogP contribution >= 0.6 is 11.3 Å². The number of halogens is 1. The van der Waals surface area contributed by atoms with Gasteiger partial charge in [0.25, 0.3) is 0 Å². The molecule has 0 spiro atoms. The number of fused-ring (bicyclic) bond motifs is 2. The summed E-state index contributed by atoms with van der Waals surface area (Å²) in [6, 6.07) is 14.0. The van der Waals surface area contributed by atoms with Crippen molar-refractivity contribution in [3.05, 3.63) is 71.3 Å². The van der Waals surface area contributed by atoms with Crippen molar-refractivity contribution in [3.63, 3.8) is 0 Å². The summed E-state index contributed by atoms with van der Waals surface area (Å²) in [6.07, 6.45) is 4.32. The molecule has 1 fully saturated rings. The Bertz CT molecular complexity index is 2080. The number of imidazole rings is 1. The number of thiophene rings is 1. The average Bonchev–Trinajstić information content (AvgIpc) is 3.58. The predicted octanol–water partition coefficient (Wildman–Crippen LogP) is 4.65. The molecule has 0 bridgehead atoms. The van der Waals surface area contributed by atoms with Crippen molar-refractivity contribution in [1.82, 2.24) is 24.4 Å². The van der Waals surface area contributed by atoms with Crippen molar-refractivity contribution in [2.45, 2.75) is 42.7 Å². The lowest BCUT2D eigenvalue weighted by Crippen LogP contribution is -2.46. The predicted molar refractivity (Wildman–Crippen MR) is 172 cm³/mol. The number of nitriles is 1. The zero-order chi connectivity index (χ0) is 31.9. The van der Waals surface area contributed by atoms with Crippen LogP contribution in [0.4, 0.5) is 15.3 Å². The monoisotopic (exact) mass is 646 g/mol. The van der Waals surface area contributed by atoms with Crippen LogP contribution in [0, 0.1) is 17.1 Å². The molecule has 11 nitrogen and oxygen atoms in total. The topological polar surface area (TPSA) is 141 Å². The fraction of sp³-hybridized carbons (Fsp3) is 0.323. The molecule has 5 aromatic rings. The maximum atomic E-state index is 15.0. The van der Waals surface area contributed by atoms with Crippen molar-refractivity contribution in [1.29, 1.82) is 5.26 Å². The van der Waals surface area contributed by atoms with Crippen molar-refractivity contribution in [3.8, 4) is 6.07 Å². The summed E-state index contributed by atoms with van der Waals surface area (Å²) in [5.74, 6) is -0.569. The summed E-state index contributed by atoms with van der Waals surface area (Å²) in [6.45, 7) is 2.64. The molecule has 1 atom stereocenters. The van der Waals surface area contributed by atoms with E-state index in [1.54, 1.807) is 72.1 Å². The Morgan fingerprint density at radius 2 is 2.00 bits per heavy atom. The van der Waals surface area contributed by atoms with E-state index in [4.69, 9.17) is 4.98 Å². The van der Waals surface area contributed by atoms with Gasteiger partial charge in [-0.2, -0.15) is 15.2 Å². The average molecular weight is 647 g/mol. The first-order valence-corrected chi connectivity index (χ1v) is 16.7. The molecule has 0 amide bonds. The molecule has 0 radical (unpaired) electrons. The lowest BCUT2D eigenvalue weighted by atomic mass is 9.95. The zero-order valence-electron chi connectivity index (χ0n) is 25.0. The molecular formula is C31H31FN8O3S2. The third-order valence-electron chi connectivity index (χ3n) is 7.59. The van der Waals surface area contributed by atoms with E-state index in [1.165, 1.54) is 12.4 Å². The summed E-state index contributed by atoms with van der Waals surface area (Å²) >= 11 is 1.09. The molecule has 6 rings (SSSR count). The maximum Gasteiger partial charge on any atom is 0.228 e. The molecular weight excluding hydrogens is 616 g/mol. The van der Waals surface area contributed by atoms with Crippen LogP contribution < -0.4 is 4.90 Å². The van der Waals surface area contributed by atoms with Gasteiger partial charge in [0.1, 0.15) is 22.4 Å². The molecule has 45 heavy (non-hydrogen) atoms. The highest BCUT2D eigenvalue weighted by Crippen LogP contribution is 2.41. The van der Waals surface area contributed by atoms with Gasteiger partial charge in [0.05, 0.1) is 40.8 Å². The minimum atomic E-state index is -3.98. The lowest BCUT2D eigenvalue weighted by molar-refractivity contribution is 0.0444. The van der Waals surface area contributed by atoms with Gasteiger partial charge < -0.3 is 19.5 Å². The first-order valence-electron chi connectivity index (χ1n) is 14.3. The third kappa shape index (κ3) is 6.11. The Balaban J connectivity index is 1.50. The molecule has 232 valence electrons. The molecule has 0 aliphatic carbocycles. The van der Waals surface area contributed by atoms with E-state index in [-0.39, 0.29) is 46.5 Å². The van der Waals surface area contributed by atoms with E-state index < -0.39 is 21.3 Å². The standard InChI is InChI=1S/C31H31FN8O3S2/c1-31(41)12-7-13-39(17-31)30-36-27-25(29(37-30)45(42,43)16-20-8-5-4-6-9-20)34-19-40(27)15-21-10-11-23(32)26-24(21)22(14-33)28(44-26)35-18-38(2)3/h4-6,8-11,18-19,41H,7,12-13,15-17H2,1-3H3/b35-18+/t31-/m0/s1. The van der Waals surface area contributed by atoms with Crippen LogP contribution in [0.3, 0.4) is 0 Å². The van der Waals surface area contributed by atoms with Gasteiger partial charge in [-0.15, -0.1) is 11.3 Å². The Hall–Kier alpha value is -4.45. The Kier molecular flexibility index (Phi) is 8.02. The van der Waals surface area contributed by atoms with Gasteiger partial charge in [0.15, 0.2) is 10.7 Å². The van der Waals surface area contributed by atoms with Crippen LogP contribution in [0.2, 0.25) is 0 Å². The van der Waals surface area contributed by atoms with Gasteiger partial charge >= 0.3 is 0 Å². The number of piperidine rings is 1. The molecule has 0 saturated carbocycles. The van der Waals surface area contributed by atoms with Crippen molar-refractivity contribution in [2.75, 3.05) is 32.1 Å². The van der Waals surface area contributed by atoms with Gasteiger partial charge in [-0.05, 0) is 37.0 Å². The molecule has 1 aliphatic rings. The second-order valence-corrected chi connectivity index (χ2v) is 14.6. The first-order chi connectivity index (χ1) is 21.5. The van der Waals surface area contributed by atoms with Crippen molar-refractivity contribution >= 4 is 59.7 Å². The number of hydrogen-bond acceptors (Lipinski definition) is 10. The number of rotatable bonds is 8. The molecule has 4 heterocycles. The van der Waals surface area contributed by atoms with E-state index in [1.807, 2.05) is 6.07 Å². The molecule has 1 N–H and O–H groups in total. The Morgan fingerprint density at radius 1 is 1.22 bits per heavy atom. The van der Waals surface area contributed by atoms with Gasteiger partial charge in [-0.1, -0.05) is 36.4 Å². The van der Waals surface area contributed by atoms with Crippen LogP contribution in [0.15, 0.2) is 58.8 Å². The quantitative estimate of drug-likeness (QED) is 0.145. The van der Waals surface area contributed by atoms with E-state index in [0.717, 1.165) is 11.3 Å². The summed E-state index contributed by atoms with van der Waals surface area (Å²) in [5.41, 5.74) is 0.879. The number of hydrogen-bond donors (Lipinski definition) is 1. The van der Waals surface area contributed by atoms with Crippen LogP contribution in [-0.4, -0.2) is 77.1 Å². The molecule has 3 aromatic heterocycles. The van der Waals surface area contributed by atoms with Crippen LogP contribution in [0.25, 0.3) is 21.3 Å². The van der Waals surface area contributed by atoms with Gasteiger partial charge in [-0.3, -0.25) is 0 Å². The summed E-state index contributed by atoms with van der Waals surface area (Å²) in [7, 11) is -0.377. The number of benzene rings is 2. The highest BCUT2D eigenvalue weighted by Gasteiger charge is 2.32. The fourth-order valence-corrected chi connectivity index (χ4v) is 8.01. The SMILES string of the molecule is CN(C)/C=N/c1sc2c(F)ccc(Cn3cnc4c(S(=O)(=O)Cc5ccccc5)nc(N5CCC[C@](C)(O)C5)nc43)c2c1C#N. The highest BCUT2D eigenvalue weighted by atomic mass is 32.2. The van der Waals surface area contributed by atoms with Gasteiger partial charge in [-0.25, -0.2) is 22.8 Å². The van der Waals surface area contributed by atoms with Gasteiger partial charge in [0, 0.05) is 32.6 Å². The Labute approximate surface area is 263 Å². The smallest absolute Gasteiger partial charge is 0.228 e. The van der Waals surface area contributed by atoms with E-state index in [0.29, 0.717) is 45.6 Å². The number of sulfone groups is 1. The van der Waals surface area contributed by atoms with Gasteiger partial charge in [0.2, 0.25) is 15.8 Å². The Morgan fingerprint density at radius 3 is 2.71 bits per heavy atom. The van der Waals surface area contributed by atoms with Crippen molar-refractivity contribution < 1.29 is 17.9 Å². The largest absolute Gasteiger partial charge is 0.388 e. The second kappa shape index (κ2) is 11.8. The minimum absolute atomic E-state index is 0.110. The third-order valence-corrected chi connectivity index (χ3v) is 10.3. The number of aromatic nitrogens is 4. The zero-order valence-corrected chi connectivity index (χ0v) is 26.6. The summed E-state index contributed by atoms with van der Waals surface area (Å²) in [4.78, 5) is 21.7. The molecule has 0 unspecified atom stereocenters. The minimum Gasteiger partial charge on any atom is -0.388 e. The van der Waals surface area contributed by atoms with E-state index in [2.05, 4.69) is 21.0 Å². The maximum absolute atomic E-state index is 15.0. The molecule has 14 heteroatoms. The van der Waals surface area contributed by atoms with E-state index in [9.17, 15) is 18.8 Å². The normalized spacial score (nSPS) is 17.4. The van der Waals surface area contributed by atoms with Crippen LogP contribution in [0.1, 0.15) is 36.5 Å².